The second-order valence-corrected chi connectivity index (χ2v) is 4.34. The summed E-state index contributed by atoms with van der Waals surface area (Å²) in [6.45, 7) is 1.53. The zero-order valence-electron chi connectivity index (χ0n) is 11.3. The summed E-state index contributed by atoms with van der Waals surface area (Å²) in [4.78, 5) is 11.8. The van der Waals surface area contributed by atoms with Gasteiger partial charge in [0.1, 0.15) is 17.4 Å². The Kier molecular flexibility index (Phi) is 4.71. The van der Waals surface area contributed by atoms with Crippen LogP contribution >= 0.6 is 0 Å². The van der Waals surface area contributed by atoms with Crippen molar-refractivity contribution in [2.75, 3.05) is 5.43 Å². The number of anilines is 1. The van der Waals surface area contributed by atoms with Gasteiger partial charge in [0.15, 0.2) is 6.10 Å². The molecule has 0 saturated heterocycles. The van der Waals surface area contributed by atoms with E-state index in [0.29, 0.717) is 5.69 Å². The SMILES string of the molecule is C[C@@H](Oc1cccc(F)c1)C(=O)NNc1ccc(F)cc1. The molecule has 1 atom stereocenters. The molecule has 0 radical (unpaired) electrons. The third-order valence-electron chi connectivity index (χ3n) is 2.65. The molecule has 4 nitrogen and oxygen atoms in total. The molecule has 0 aliphatic rings. The van der Waals surface area contributed by atoms with Crippen molar-refractivity contribution in [3.05, 3.63) is 60.2 Å². The van der Waals surface area contributed by atoms with Gasteiger partial charge in [-0.3, -0.25) is 15.6 Å². The van der Waals surface area contributed by atoms with Crippen molar-refractivity contribution in [1.82, 2.24) is 5.43 Å². The Hall–Kier alpha value is -2.63. The summed E-state index contributed by atoms with van der Waals surface area (Å²) in [6, 6.07) is 11.0. The Labute approximate surface area is 120 Å². The zero-order chi connectivity index (χ0) is 15.2. The number of amides is 1. The molecule has 6 heteroatoms. The van der Waals surface area contributed by atoms with Gasteiger partial charge in [-0.05, 0) is 43.3 Å². The molecule has 2 N–H and O–H groups in total. The van der Waals surface area contributed by atoms with Gasteiger partial charge in [-0.15, -0.1) is 0 Å². The number of hydrogen-bond donors (Lipinski definition) is 2. The molecule has 0 aliphatic heterocycles. The molecule has 110 valence electrons. The van der Waals surface area contributed by atoms with Crippen LogP contribution < -0.4 is 15.6 Å². The van der Waals surface area contributed by atoms with E-state index in [2.05, 4.69) is 10.9 Å². The Morgan fingerprint density at radius 3 is 2.48 bits per heavy atom. The molecule has 0 aliphatic carbocycles. The van der Waals surface area contributed by atoms with E-state index >= 15 is 0 Å². The fourth-order valence-electron chi connectivity index (χ4n) is 1.57. The predicted octanol–water partition coefficient (Wildman–Crippen LogP) is 2.88. The Balaban J connectivity index is 1.86. The first-order valence-electron chi connectivity index (χ1n) is 6.28. The van der Waals surface area contributed by atoms with Gasteiger partial charge in [-0.25, -0.2) is 8.78 Å². The van der Waals surface area contributed by atoms with Crippen LogP contribution in [-0.4, -0.2) is 12.0 Å². The molecule has 2 aromatic carbocycles. The molecule has 0 heterocycles. The number of halogens is 2. The van der Waals surface area contributed by atoms with Crippen LogP contribution in [0.2, 0.25) is 0 Å². The van der Waals surface area contributed by atoms with Gasteiger partial charge in [0.2, 0.25) is 0 Å². The molecule has 0 bridgehead atoms. The van der Waals surface area contributed by atoms with Crippen molar-refractivity contribution in [2.45, 2.75) is 13.0 Å². The number of carbonyl (C=O) groups excluding carboxylic acids is 1. The van der Waals surface area contributed by atoms with E-state index in [0.717, 1.165) is 0 Å². The highest BCUT2D eigenvalue weighted by Crippen LogP contribution is 2.14. The lowest BCUT2D eigenvalue weighted by Gasteiger charge is -2.15. The first-order valence-corrected chi connectivity index (χ1v) is 6.28. The van der Waals surface area contributed by atoms with Crippen molar-refractivity contribution >= 4 is 11.6 Å². The summed E-state index contributed by atoms with van der Waals surface area (Å²) in [5, 5.41) is 0. The summed E-state index contributed by atoms with van der Waals surface area (Å²) in [7, 11) is 0. The molecule has 0 spiro atoms. The summed E-state index contributed by atoms with van der Waals surface area (Å²) in [6.07, 6.45) is -0.820. The lowest BCUT2D eigenvalue weighted by molar-refractivity contribution is -0.126. The van der Waals surface area contributed by atoms with Crippen LogP contribution in [0.1, 0.15) is 6.92 Å². The second kappa shape index (κ2) is 6.69. The van der Waals surface area contributed by atoms with Gasteiger partial charge in [0.25, 0.3) is 5.91 Å². The van der Waals surface area contributed by atoms with E-state index in [1.165, 1.54) is 49.4 Å². The number of rotatable bonds is 5. The highest BCUT2D eigenvalue weighted by atomic mass is 19.1. The van der Waals surface area contributed by atoms with Crippen LogP contribution in [0.5, 0.6) is 5.75 Å². The van der Waals surface area contributed by atoms with Crippen molar-refractivity contribution in [3.63, 3.8) is 0 Å². The molecular formula is C15H14F2N2O2. The molecule has 0 unspecified atom stereocenters. The van der Waals surface area contributed by atoms with Gasteiger partial charge in [-0.1, -0.05) is 6.07 Å². The van der Waals surface area contributed by atoms with Crippen molar-refractivity contribution < 1.29 is 18.3 Å². The maximum atomic E-state index is 13.0. The minimum atomic E-state index is -0.820. The van der Waals surface area contributed by atoms with Crippen LogP contribution in [0.25, 0.3) is 0 Å². The zero-order valence-corrected chi connectivity index (χ0v) is 11.3. The van der Waals surface area contributed by atoms with E-state index in [1.54, 1.807) is 6.07 Å². The Bertz CT molecular complexity index is 617. The lowest BCUT2D eigenvalue weighted by Crippen LogP contribution is -2.39. The quantitative estimate of drug-likeness (QED) is 0.833. The molecule has 0 aromatic heterocycles. The summed E-state index contributed by atoms with van der Waals surface area (Å²) in [5.41, 5.74) is 5.58. The Morgan fingerprint density at radius 2 is 1.81 bits per heavy atom. The fraction of sp³-hybridized carbons (Fsp3) is 0.133. The largest absolute Gasteiger partial charge is 0.481 e. The molecule has 0 fully saturated rings. The molecule has 2 rings (SSSR count). The van der Waals surface area contributed by atoms with Gasteiger partial charge in [-0.2, -0.15) is 0 Å². The van der Waals surface area contributed by atoms with Crippen molar-refractivity contribution in [2.24, 2.45) is 0 Å². The average molecular weight is 292 g/mol. The maximum absolute atomic E-state index is 13.0. The molecule has 2 aromatic rings. The maximum Gasteiger partial charge on any atom is 0.279 e. The first kappa shape index (κ1) is 14.8. The number of carbonyl (C=O) groups is 1. The number of benzene rings is 2. The number of hydrogen-bond acceptors (Lipinski definition) is 3. The summed E-state index contributed by atoms with van der Waals surface area (Å²) < 4.78 is 31.0. The topological polar surface area (TPSA) is 50.4 Å². The normalized spacial score (nSPS) is 11.6. The van der Waals surface area contributed by atoms with Crippen LogP contribution in [-0.2, 0) is 4.79 Å². The summed E-state index contributed by atoms with van der Waals surface area (Å²) >= 11 is 0. The van der Waals surface area contributed by atoms with Gasteiger partial charge < -0.3 is 4.74 Å². The molecule has 0 saturated carbocycles. The third-order valence-corrected chi connectivity index (χ3v) is 2.65. The van der Waals surface area contributed by atoms with Crippen LogP contribution in [0.15, 0.2) is 48.5 Å². The minimum absolute atomic E-state index is 0.263. The molecule has 21 heavy (non-hydrogen) atoms. The summed E-state index contributed by atoms with van der Waals surface area (Å²) in [5.74, 6) is -0.984. The van der Waals surface area contributed by atoms with Crippen molar-refractivity contribution in [3.8, 4) is 5.75 Å². The highest BCUT2D eigenvalue weighted by Gasteiger charge is 2.14. The molecular weight excluding hydrogens is 278 g/mol. The highest BCUT2D eigenvalue weighted by molar-refractivity contribution is 5.81. The van der Waals surface area contributed by atoms with E-state index in [-0.39, 0.29) is 11.6 Å². The monoisotopic (exact) mass is 292 g/mol. The van der Waals surface area contributed by atoms with E-state index in [9.17, 15) is 13.6 Å². The standard InChI is InChI=1S/C15H14F2N2O2/c1-10(21-14-4-2-3-12(17)9-14)15(20)19-18-13-7-5-11(16)6-8-13/h2-10,18H,1H3,(H,19,20)/t10-/m1/s1. The number of ether oxygens (including phenoxy) is 1. The minimum Gasteiger partial charge on any atom is -0.481 e. The van der Waals surface area contributed by atoms with Crippen LogP contribution in [0, 0.1) is 11.6 Å². The number of nitrogens with one attached hydrogen (secondary N) is 2. The number of hydrazine groups is 1. The van der Waals surface area contributed by atoms with Crippen molar-refractivity contribution in [1.29, 1.82) is 0 Å². The van der Waals surface area contributed by atoms with Crippen LogP contribution in [0.3, 0.4) is 0 Å². The Morgan fingerprint density at radius 1 is 1.10 bits per heavy atom. The second-order valence-electron chi connectivity index (χ2n) is 4.34. The van der Waals surface area contributed by atoms with E-state index < -0.39 is 17.8 Å². The first-order chi connectivity index (χ1) is 10.0. The third kappa shape index (κ3) is 4.45. The van der Waals surface area contributed by atoms with Gasteiger partial charge in [0.05, 0.1) is 5.69 Å². The predicted molar refractivity (Wildman–Crippen MR) is 74.7 cm³/mol. The van der Waals surface area contributed by atoms with Gasteiger partial charge >= 0.3 is 0 Å². The van der Waals surface area contributed by atoms with E-state index in [1.807, 2.05) is 0 Å². The average Bonchev–Trinajstić information content (AvgIpc) is 2.46. The van der Waals surface area contributed by atoms with Gasteiger partial charge in [0, 0.05) is 6.07 Å². The molecule has 1 amide bonds. The smallest absolute Gasteiger partial charge is 0.279 e. The fourth-order valence-corrected chi connectivity index (χ4v) is 1.57. The van der Waals surface area contributed by atoms with Crippen LogP contribution in [0.4, 0.5) is 14.5 Å². The van der Waals surface area contributed by atoms with E-state index in [4.69, 9.17) is 4.74 Å². The lowest BCUT2D eigenvalue weighted by atomic mass is 10.3.